The third kappa shape index (κ3) is 4.66. The molecule has 1 aromatic carbocycles. The highest BCUT2D eigenvalue weighted by Crippen LogP contribution is 2.31. The smallest absolute Gasteiger partial charge is 0.238 e. The molecule has 3 heterocycles. The van der Waals surface area contributed by atoms with Gasteiger partial charge in [0.1, 0.15) is 5.82 Å². The number of benzene rings is 1. The van der Waals surface area contributed by atoms with Crippen LogP contribution in [0.2, 0.25) is 0 Å². The Morgan fingerprint density at radius 1 is 1.12 bits per heavy atom. The van der Waals surface area contributed by atoms with E-state index in [4.69, 9.17) is 4.74 Å². The quantitative estimate of drug-likeness (QED) is 0.547. The van der Waals surface area contributed by atoms with Gasteiger partial charge in [-0.15, -0.1) is 10.2 Å². The van der Waals surface area contributed by atoms with E-state index in [1.54, 1.807) is 10.9 Å². The number of nitrogens with zero attached hydrogens (tertiary/aromatic N) is 6. The van der Waals surface area contributed by atoms with Crippen molar-refractivity contribution in [3.63, 3.8) is 0 Å². The number of hydrogen-bond donors (Lipinski definition) is 1. The molecular weight excluding hydrogens is 426 g/mol. The van der Waals surface area contributed by atoms with Crippen molar-refractivity contribution in [2.45, 2.75) is 44.1 Å². The van der Waals surface area contributed by atoms with Crippen LogP contribution in [0.25, 0.3) is 5.69 Å². The van der Waals surface area contributed by atoms with Crippen LogP contribution in [0.15, 0.2) is 41.7 Å². The lowest BCUT2D eigenvalue weighted by atomic mass is 10.2. The van der Waals surface area contributed by atoms with Gasteiger partial charge in [-0.05, 0) is 39.3 Å². The van der Waals surface area contributed by atoms with Gasteiger partial charge in [-0.1, -0.05) is 30.0 Å². The third-order valence-electron chi connectivity index (χ3n) is 5.33. The van der Waals surface area contributed by atoms with E-state index in [1.165, 1.54) is 11.8 Å². The summed E-state index contributed by atoms with van der Waals surface area (Å²) in [6.07, 6.45) is 1.69. The zero-order valence-electron chi connectivity index (χ0n) is 18.9. The summed E-state index contributed by atoms with van der Waals surface area (Å²) in [6.45, 7) is 10.8. The zero-order valence-corrected chi connectivity index (χ0v) is 19.7. The van der Waals surface area contributed by atoms with Gasteiger partial charge in [0.2, 0.25) is 11.9 Å². The van der Waals surface area contributed by atoms with Crippen molar-refractivity contribution in [3.05, 3.63) is 42.1 Å². The highest BCUT2D eigenvalue weighted by molar-refractivity contribution is 8.00. The molecule has 1 aliphatic heterocycles. The van der Waals surface area contributed by atoms with Gasteiger partial charge < -0.3 is 15.0 Å². The molecule has 0 unspecified atom stereocenters. The summed E-state index contributed by atoms with van der Waals surface area (Å²) in [4.78, 5) is 15.1. The van der Waals surface area contributed by atoms with Gasteiger partial charge in [0, 0.05) is 25.2 Å². The number of carbonyl (C=O) groups excluding carboxylic acids is 1. The summed E-state index contributed by atoms with van der Waals surface area (Å²) in [5, 5.41) is 16.5. The number of rotatable bonds is 7. The highest BCUT2D eigenvalue weighted by atomic mass is 32.2. The summed E-state index contributed by atoms with van der Waals surface area (Å²) in [5.41, 5.74) is 2.12. The summed E-state index contributed by atoms with van der Waals surface area (Å²) in [7, 11) is 0. The third-order valence-corrected chi connectivity index (χ3v) is 6.37. The number of thioether (sulfide) groups is 1. The number of nitrogens with one attached hydrogen (secondary N) is 1. The Bertz CT molecular complexity index is 1070. The molecule has 0 saturated carbocycles. The first kappa shape index (κ1) is 22.3. The van der Waals surface area contributed by atoms with Crippen LogP contribution in [0.4, 0.5) is 11.8 Å². The molecule has 2 aromatic heterocycles. The van der Waals surface area contributed by atoms with Crippen molar-refractivity contribution < 1.29 is 9.53 Å². The second kappa shape index (κ2) is 9.74. The Morgan fingerprint density at radius 2 is 1.88 bits per heavy atom. The maximum atomic E-state index is 13.0. The fourth-order valence-corrected chi connectivity index (χ4v) is 4.45. The lowest BCUT2D eigenvalue weighted by Gasteiger charge is -2.28. The van der Waals surface area contributed by atoms with Crippen molar-refractivity contribution in [1.29, 1.82) is 0 Å². The molecule has 10 heteroatoms. The lowest BCUT2D eigenvalue weighted by Crippen LogP contribution is -2.38. The number of ether oxygens (including phenoxy) is 1. The molecule has 1 aliphatic rings. The van der Waals surface area contributed by atoms with E-state index in [1.807, 2.05) is 43.5 Å². The van der Waals surface area contributed by atoms with E-state index in [-0.39, 0.29) is 17.2 Å². The topological polar surface area (TPSA) is 90.1 Å². The summed E-state index contributed by atoms with van der Waals surface area (Å²) >= 11 is 1.39. The van der Waals surface area contributed by atoms with E-state index >= 15 is 0 Å². The summed E-state index contributed by atoms with van der Waals surface area (Å²) < 4.78 is 9.35. The fraction of sp³-hybridized carbons (Fsp3) is 0.455. The largest absolute Gasteiger partial charge is 0.378 e. The number of carbonyl (C=O) groups is 1. The number of aryl methyl sites for hydroxylation is 1. The van der Waals surface area contributed by atoms with E-state index in [2.05, 4.69) is 44.6 Å². The molecule has 1 fully saturated rings. The Balaban J connectivity index is 1.60. The van der Waals surface area contributed by atoms with Crippen LogP contribution in [-0.2, 0) is 9.53 Å². The Labute approximate surface area is 192 Å². The standard InChI is InChI=1S/C22H29N7O2S/c1-15(2)29-19(9-10-23-29)24-20(30)17(4)32-22-26-25-21(27-11-13-31-14-12-27)28(22)18-8-6-5-7-16(18)3/h5-10,15,17H,11-14H2,1-4H3,(H,24,30)/t17-/m1/s1. The predicted molar refractivity (Wildman–Crippen MR) is 126 cm³/mol. The number of amides is 1. The van der Waals surface area contributed by atoms with Crippen LogP contribution in [0.5, 0.6) is 0 Å². The van der Waals surface area contributed by atoms with Gasteiger partial charge in [-0.25, -0.2) is 4.68 Å². The molecular formula is C22H29N7O2S. The van der Waals surface area contributed by atoms with Crippen LogP contribution in [-0.4, -0.2) is 62.0 Å². The van der Waals surface area contributed by atoms with Gasteiger partial charge in [-0.3, -0.25) is 9.36 Å². The minimum atomic E-state index is -0.380. The van der Waals surface area contributed by atoms with Crippen LogP contribution >= 0.6 is 11.8 Å². The van der Waals surface area contributed by atoms with E-state index < -0.39 is 0 Å². The average molecular weight is 456 g/mol. The van der Waals surface area contributed by atoms with Crippen molar-refractivity contribution in [1.82, 2.24) is 24.5 Å². The fourth-order valence-electron chi connectivity index (χ4n) is 3.60. The first-order valence-electron chi connectivity index (χ1n) is 10.8. The minimum absolute atomic E-state index is 0.107. The van der Waals surface area contributed by atoms with Crippen LogP contribution in [0.3, 0.4) is 0 Å². The Morgan fingerprint density at radius 3 is 2.59 bits per heavy atom. The Kier molecular flexibility index (Phi) is 6.80. The molecule has 4 rings (SSSR count). The number of aromatic nitrogens is 5. The summed E-state index contributed by atoms with van der Waals surface area (Å²) in [5.74, 6) is 1.35. The molecule has 0 aliphatic carbocycles. The monoisotopic (exact) mass is 455 g/mol. The van der Waals surface area contributed by atoms with E-state index in [9.17, 15) is 4.79 Å². The second-order valence-electron chi connectivity index (χ2n) is 8.01. The van der Waals surface area contributed by atoms with Gasteiger partial charge in [0.25, 0.3) is 0 Å². The molecule has 0 spiro atoms. The SMILES string of the molecule is Cc1ccccc1-n1c(S[C@H](C)C(=O)Nc2ccnn2C(C)C)nnc1N1CCOCC1. The maximum Gasteiger partial charge on any atom is 0.238 e. The molecule has 9 nitrogen and oxygen atoms in total. The molecule has 1 atom stereocenters. The number of para-hydroxylation sites is 1. The van der Waals surface area contributed by atoms with Gasteiger partial charge in [-0.2, -0.15) is 5.10 Å². The van der Waals surface area contributed by atoms with Gasteiger partial charge in [0.05, 0.1) is 30.3 Å². The van der Waals surface area contributed by atoms with E-state index in [0.717, 1.165) is 30.3 Å². The first-order valence-corrected chi connectivity index (χ1v) is 11.7. The lowest BCUT2D eigenvalue weighted by molar-refractivity contribution is -0.115. The molecule has 1 N–H and O–H groups in total. The van der Waals surface area contributed by atoms with Gasteiger partial charge >= 0.3 is 0 Å². The molecule has 1 amide bonds. The van der Waals surface area contributed by atoms with E-state index in [0.29, 0.717) is 24.2 Å². The molecule has 0 radical (unpaired) electrons. The van der Waals surface area contributed by atoms with Crippen LogP contribution < -0.4 is 10.2 Å². The second-order valence-corrected chi connectivity index (χ2v) is 9.32. The first-order chi connectivity index (χ1) is 15.5. The summed E-state index contributed by atoms with van der Waals surface area (Å²) in [6, 6.07) is 10.1. The van der Waals surface area contributed by atoms with Crippen LogP contribution in [0.1, 0.15) is 32.4 Å². The molecule has 0 bridgehead atoms. The zero-order chi connectivity index (χ0) is 22.7. The van der Waals surface area contributed by atoms with Gasteiger partial charge in [0.15, 0.2) is 5.16 Å². The van der Waals surface area contributed by atoms with Crippen molar-refractivity contribution in [2.24, 2.45) is 0 Å². The maximum absolute atomic E-state index is 13.0. The normalized spacial score (nSPS) is 15.2. The van der Waals surface area contributed by atoms with Crippen LogP contribution in [0, 0.1) is 6.92 Å². The molecule has 32 heavy (non-hydrogen) atoms. The predicted octanol–water partition coefficient (Wildman–Crippen LogP) is 3.31. The highest BCUT2D eigenvalue weighted by Gasteiger charge is 2.26. The molecule has 3 aromatic rings. The number of hydrogen-bond acceptors (Lipinski definition) is 7. The average Bonchev–Trinajstić information content (AvgIpc) is 3.42. The molecule has 170 valence electrons. The van der Waals surface area contributed by atoms with Crippen molar-refractivity contribution >= 4 is 29.4 Å². The number of morpholine rings is 1. The Hall–Kier alpha value is -2.85. The van der Waals surface area contributed by atoms with Crippen molar-refractivity contribution in [2.75, 3.05) is 36.5 Å². The minimum Gasteiger partial charge on any atom is -0.378 e. The number of anilines is 2. The van der Waals surface area contributed by atoms with Crippen molar-refractivity contribution in [3.8, 4) is 5.69 Å². The molecule has 1 saturated heterocycles.